The molecule has 0 N–H and O–H groups in total. The van der Waals surface area contributed by atoms with Crippen molar-refractivity contribution in [1.82, 2.24) is 4.90 Å². The lowest BCUT2D eigenvalue weighted by atomic mass is 10.1. The predicted octanol–water partition coefficient (Wildman–Crippen LogP) is 4.83. The molecule has 1 unspecified atom stereocenters. The van der Waals surface area contributed by atoms with Crippen LogP contribution in [0.1, 0.15) is 59.1 Å². The van der Waals surface area contributed by atoms with Crippen molar-refractivity contribution < 1.29 is 36.1 Å². The fourth-order valence-electron chi connectivity index (χ4n) is 4.09. The fraction of sp³-hybridized carbons (Fsp3) is 0.357. The zero-order chi connectivity index (χ0) is 27.0. The Kier molecular flexibility index (Phi) is 9.19. The Labute approximate surface area is 222 Å². The monoisotopic (exact) mass is 541 g/mol. The summed E-state index contributed by atoms with van der Waals surface area (Å²) in [5, 5.41) is 0. The number of hydrogen-bond acceptors (Lipinski definition) is 8. The number of amides is 1. The highest BCUT2D eigenvalue weighted by Gasteiger charge is 2.27. The molecule has 38 heavy (non-hydrogen) atoms. The van der Waals surface area contributed by atoms with Crippen molar-refractivity contribution >= 4 is 22.0 Å². The first-order chi connectivity index (χ1) is 18.4. The molecule has 0 spiro atoms. The SMILES string of the molecule is CCCCOC(=O)c1ccccc1S(=O)(=O)Oc1ccc(CN(CC2CCCO2)C(=O)c2ccco2)cc1. The van der Waals surface area contributed by atoms with Gasteiger partial charge in [-0.25, -0.2) is 4.79 Å². The van der Waals surface area contributed by atoms with Crippen LogP contribution in [0, 0.1) is 0 Å². The maximum atomic E-state index is 13.0. The second kappa shape index (κ2) is 12.7. The zero-order valence-electron chi connectivity index (χ0n) is 21.2. The summed E-state index contributed by atoms with van der Waals surface area (Å²) in [6.45, 7) is 3.53. The first kappa shape index (κ1) is 27.4. The van der Waals surface area contributed by atoms with Crippen molar-refractivity contribution in [3.05, 3.63) is 83.8 Å². The molecule has 1 saturated heterocycles. The third-order valence-corrected chi connectivity index (χ3v) is 7.38. The molecule has 3 aromatic rings. The number of esters is 1. The van der Waals surface area contributed by atoms with Gasteiger partial charge in [-0.3, -0.25) is 4.79 Å². The Morgan fingerprint density at radius 2 is 1.84 bits per heavy atom. The number of carbonyl (C=O) groups excluding carboxylic acids is 2. The first-order valence-electron chi connectivity index (χ1n) is 12.6. The van der Waals surface area contributed by atoms with Crippen LogP contribution in [0.5, 0.6) is 5.75 Å². The van der Waals surface area contributed by atoms with E-state index in [2.05, 4.69) is 0 Å². The van der Waals surface area contributed by atoms with Gasteiger partial charge in [-0.1, -0.05) is 37.6 Å². The number of nitrogens with zero attached hydrogens (tertiary/aromatic N) is 1. The fourth-order valence-corrected chi connectivity index (χ4v) is 5.21. The second-order valence-electron chi connectivity index (χ2n) is 8.97. The predicted molar refractivity (Wildman–Crippen MR) is 138 cm³/mol. The molecule has 0 radical (unpaired) electrons. The molecule has 9 nitrogen and oxygen atoms in total. The van der Waals surface area contributed by atoms with E-state index in [1.165, 1.54) is 36.6 Å². The van der Waals surface area contributed by atoms with Crippen molar-refractivity contribution in [1.29, 1.82) is 0 Å². The van der Waals surface area contributed by atoms with Crippen molar-refractivity contribution in [2.24, 2.45) is 0 Å². The molecule has 0 aliphatic carbocycles. The van der Waals surface area contributed by atoms with Gasteiger partial charge in [0.05, 0.1) is 24.5 Å². The number of carbonyl (C=O) groups is 2. The Hall–Kier alpha value is -3.63. The molecular formula is C28H31NO8S. The van der Waals surface area contributed by atoms with Gasteiger partial charge in [0.25, 0.3) is 5.91 Å². The second-order valence-corrected chi connectivity index (χ2v) is 10.5. The van der Waals surface area contributed by atoms with Gasteiger partial charge in [-0.05, 0) is 61.2 Å². The highest BCUT2D eigenvalue weighted by molar-refractivity contribution is 7.87. The molecule has 1 aliphatic heterocycles. The largest absolute Gasteiger partial charge is 0.462 e. The number of ether oxygens (including phenoxy) is 2. The number of furan rings is 1. The van der Waals surface area contributed by atoms with E-state index >= 15 is 0 Å². The number of unbranched alkanes of at least 4 members (excludes halogenated alkanes) is 1. The third kappa shape index (κ3) is 7.02. The molecule has 1 amide bonds. The van der Waals surface area contributed by atoms with E-state index in [4.69, 9.17) is 18.1 Å². The number of rotatable bonds is 12. The van der Waals surface area contributed by atoms with Crippen molar-refractivity contribution in [2.75, 3.05) is 19.8 Å². The molecule has 1 fully saturated rings. The summed E-state index contributed by atoms with van der Waals surface area (Å²) in [6, 6.07) is 15.5. The summed E-state index contributed by atoms with van der Waals surface area (Å²) >= 11 is 0. The van der Waals surface area contributed by atoms with Gasteiger partial charge in [0.1, 0.15) is 10.6 Å². The van der Waals surface area contributed by atoms with Crippen molar-refractivity contribution in [3.8, 4) is 5.75 Å². The molecule has 1 aliphatic rings. The average Bonchev–Trinajstić information content (AvgIpc) is 3.64. The minimum atomic E-state index is -4.31. The Morgan fingerprint density at radius 3 is 2.53 bits per heavy atom. The minimum Gasteiger partial charge on any atom is -0.462 e. The van der Waals surface area contributed by atoms with Gasteiger partial charge < -0.3 is 23.0 Å². The van der Waals surface area contributed by atoms with E-state index in [1.54, 1.807) is 35.2 Å². The molecule has 1 atom stereocenters. The summed E-state index contributed by atoms with van der Waals surface area (Å²) in [5.74, 6) is -0.660. The number of benzene rings is 2. The van der Waals surface area contributed by atoms with Crippen LogP contribution in [-0.2, 0) is 26.1 Å². The quantitative estimate of drug-likeness (QED) is 0.182. The average molecular weight is 542 g/mol. The smallest absolute Gasteiger partial charge is 0.340 e. The molecule has 0 saturated carbocycles. The normalized spacial score (nSPS) is 15.2. The topological polar surface area (TPSA) is 112 Å². The molecular weight excluding hydrogens is 510 g/mol. The van der Waals surface area contributed by atoms with E-state index in [0.29, 0.717) is 19.6 Å². The summed E-state index contributed by atoms with van der Waals surface area (Å²) in [7, 11) is -4.31. The van der Waals surface area contributed by atoms with Gasteiger partial charge >= 0.3 is 16.1 Å². The molecule has 2 heterocycles. The van der Waals surface area contributed by atoms with Crippen LogP contribution < -0.4 is 4.18 Å². The van der Waals surface area contributed by atoms with E-state index in [0.717, 1.165) is 24.8 Å². The third-order valence-electron chi connectivity index (χ3n) is 6.08. The molecule has 1 aromatic heterocycles. The van der Waals surface area contributed by atoms with Crippen LogP contribution in [0.4, 0.5) is 0 Å². The van der Waals surface area contributed by atoms with Gasteiger partial charge in [0.15, 0.2) is 5.76 Å². The highest BCUT2D eigenvalue weighted by Crippen LogP contribution is 2.24. The van der Waals surface area contributed by atoms with E-state index in [9.17, 15) is 18.0 Å². The maximum absolute atomic E-state index is 13.0. The molecule has 2 aromatic carbocycles. The lowest BCUT2D eigenvalue weighted by Crippen LogP contribution is -2.36. The van der Waals surface area contributed by atoms with E-state index in [-0.39, 0.29) is 47.1 Å². The van der Waals surface area contributed by atoms with Gasteiger partial charge in [0, 0.05) is 19.7 Å². The molecule has 10 heteroatoms. The van der Waals surface area contributed by atoms with Gasteiger partial charge in [-0.15, -0.1) is 0 Å². The molecule has 4 rings (SSSR count). The minimum absolute atomic E-state index is 0.0459. The summed E-state index contributed by atoms with van der Waals surface area (Å²) < 4.78 is 47.6. The van der Waals surface area contributed by atoms with Crippen LogP contribution in [0.3, 0.4) is 0 Å². The molecule has 0 bridgehead atoms. The van der Waals surface area contributed by atoms with E-state index < -0.39 is 16.1 Å². The van der Waals surface area contributed by atoms with Crippen LogP contribution in [0.2, 0.25) is 0 Å². The van der Waals surface area contributed by atoms with E-state index in [1.807, 2.05) is 6.92 Å². The van der Waals surface area contributed by atoms with Crippen LogP contribution in [-0.4, -0.2) is 51.1 Å². The van der Waals surface area contributed by atoms with Crippen molar-refractivity contribution in [2.45, 2.75) is 50.2 Å². The molecule has 202 valence electrons. The highest BCUT2D eigenvalue weighted by atomic mass is 32.2. The Bertz CT molecular complexity index is 1310. The summed E-state index contributed by atoms with van der Waals surface area (Å²) in [6.07, 6.45) is 4.76. The summed E-state index contributed by atoms with van der Waals surface area (Å²) in [4.78, 5) is 26.9. The number of hydrogen-bond donors (Lipinski definition) is 0. The zero-order valence-corrected chi connectivity index (χ0v) is 22.0. The van der Waals surface area contributed by atoms with Gasteiger partial charge in [-0.2, -0.15) is 8.42 Å². The lowest BCUT2D eigenvalue weighted by Gasteiger charge is -2.25. The Morgan fingerprint density at radius 1 is 1.05 bits per heavy atom. The van der Waals surface area contributed by atoms with Crippen LogP contribution in [0.15, 0.2) is 76.2 Å². The maximum Gasteiger partial charge on any atom is 0.340 e. The summed E-state index contributed by atoms with van der Waals surface area (Å²) in [5.41, 5.74) is 0.689. The standard InChI is InChI=1S/C28H31NO8S/c1-2-3-16-36-28(31)24-9-4-5-11-26(24)38(32,33)37-22-14-12-21(13-15-22)19-29(20-23-8-6-17-34-23)27(30)25-10-7-18-35-25/h4-5,7,9-15,18,23H,2-3,6,8,16-17,19-20H2,1H3. The Balaban J connectivity index is 1.46. The van der Waals surface area contributed by atoms with Gasteiger partial charge in [0.2, 0.25) is 0 Å². The first-order valence-corrected chi connectivity index (χ1v) is 14.0. The van der Waals surface area contributed by atoms with Crippen LogP contribution in [0.25, 0.3) is 0 Å². The van der Waals surface area contributed by atoms with Crippen molar-refractivity contribution in [3.63, 3.8) is 0 Å². The lowest BCUT2D eigenvalue weighted by molar-refractivity contribution is 0.0482. The van der Waals surface area contributed by atoms with Crippen LogP contribution >= 0.6 is 0 Å².